The van der Waals surface area contributed by atoms with Crippen molar-refractivity contribution in [3.05, 3.63) is 29.3 Å². The molecule has 0 aliphatic heterocycles. The molecule has 5 nitrogen and oxygen atoms in total. The molecule has 0 spiro atoms. The van der Waals surface area contributed by atoms with E-state index in [2.05, 4.69) is 5.32 Å². The van der Waals surface area contributed by atoms with E-state index in [4.69, 9.17) is 4.74 Å². The summed E-state index contributed by atoms with van der Waals surface area (Å²) in [7, 11) is 1.73. The van der Waals surface area contributed by atoms with Gasteiger partial charge in [0.15, 0.2) is 0 Å². The number of benzene rings is 1. The monoisotopic (exact) mass is 306 g/mol. The van der Waals surface area contributed by atoms with Gasteiger partial charge in [0.25, 0.3) is 0 Å². The van der Waals surface area contributed by atoms with Crippen LogP contribution in [0.4, 0.5) is 5.69 Å². The van der Waals surface area contributed by atoms with Gasteiger partial charge in [0.2, 0.25) is 5.91 Å². The van der Waals surface area contributed by atoms with Crippen molar-refractivity contribution in [3.8, 4) is 0 Å². The fourth-order valence-corrected chi connectivity index (χ4v) is 2.09. The Kier molecular flexibility index (Phi) is 7.60. The highest BCUT2D eigenvalue weighted by atomic mass is 16.5. The zero-order chi connectivity index (χ0) is 16.5. The minimum atomic E-state index is -0.296. The van der Waals surface area contributed by atoms with Crippen LogP contribution < -0.4 is 5.32 Å². The van der Waals surface area contributed by atoms with Crippen molar-refractivity contribution < 1.29 is 14.3 Å². The fraction of sp³-hybridized carbons (Fsp3) is 0.529. The lowest BCUT2D eigenvalue weighted by Gasteiger charge is -2.17. The van der Waals surface area contributed by atoms with Crippen LogP contribution in [-0.2, 0) is 14.3 Å². The molecule has 22 heavy (non-hydrogen) atoms. The van der Waals surface area contributed by atoms with E-state index in [1.807, 2.05) is 39.0 Å². The first kappa shape index (κ1) is 18.2. The summed E-state index contributed by atoms with van der Waals surface area (Å²) in [6.07, 6.45) is 1.85. The molecule has 0 aliphatic rings. The second-order valence-electron chi connectivity index (χ2n) is 5.56. The summed E-state index contributed by atoms with van der Waals surface area (Å²) in [4.78, 5) is 25.3. The molecular formula is C17H26N2O3. The van der Waals surface area contributed by atoms with Gasteiger partial charge in [-0.05, 0) is 38.4 Å². The molecule has 0 aliphatic carbocycles. The Morgan fingerprint density at radius 3 is 2.41 bits per heavy atom. The highest BCUT2D eigenvalue weighted by molar-refractivity contribution is 5.94. The van der Waals surface area contributed by atoms with Crippen LogP contribution in [0.2, 0.25) is 0 Å². The Bertz CT molecular complexity index is 494. The van der Waals surface area contributed by atoms with Crippen LogP contribution in [0.1, 0.15) is 30.9 Å². The van der Waals surface area contributed by atoms with Crippen LogP contribution in [-0.4, -0.2) is 43.5 Å². The molecule has 1 aromatic carbocycles. The van der Waals surface area contributed by atoms with Crippen LogP contribution in [0.25, 0.3) is 0 Å². The Morgan fingerprint density at radius 2 is 1.82 bits per heavy atom. The topological polar surface area (TPSA) is 58.6 Å². The zero-order valence-corrected chi connectivity index (χ0v) is 13.9. The van der Waals surface area contributed by atoms with Crippen LogP contribution in [0.3, 0.4) is 0 Å². The molecule has 1 rings (SSSR count). The van der Waals surface area contributed by atoms with Gasteiger partial charge in [0.1, 0.15) is 0 Å². The molecule has 0 unspecified atom stereocenters. The van der Waals surface area contributed by atoms with Gasteiger partial charge >= 0.3 is 5.97 Å². The smallest absolute Gasteiger partial charge is 0.320 e. The summed E-state index contributed by atoms with van der Waals surface area (Å²) < 4.78 is 5.08. The molecule has 0 saturated heterocycles. The molecule has 0 fully saturated rings. The number of ether oxygens (including phenoxy) is 1. The van der Waals surface area contributed by atoms with Crippen LogP contribution in [0.15, 0.2) is 18.2 Å². The molecule has 5 heteroatoms. The van der Waals surface area contributed by atoms with Gasteiger partial charge in [-0.15, -0.1) is 0 Å². The predicted molar refractivity (Wildman–Crippen MR) is 87.9 cm³/mol. The molecule has 1 N–H and O–H groups in total. The van der Waals surface area contributed by atoms with Crippen molar-refractivity contribution in [3.63, 3.8) is 0 Å². The number of para-hydroxylation sites is 1. The number of carbonyl (C=O) groups excluding carboxylic acids is 2. The van der Waals surface area contributed by atoms with Crippen LogP contribution >= 0.6 is 0 Å². The maximum atomic E-state index is 12.1. The van der Waals surface area contributed by atoms with E-state index in [0.717, 1.165) is 29.7 Å². The normalized spacial score (nSPS) is 10.6. The lowest BCUT2D eigenvalue weighted by molar-refractivity contribution is -0.144. The molecule has 0 radical (unpaired) electrons. The number of nitrogens with one attached hydrogen (secondary N) is 1. The number of nitrogens with zero attached hydrogens (tertiary/aromatic N) is 1. The molecule has 0 bridgehead atoms. The third kappa shape index (κ3) is 6.26. The third-order valence-electron chi connectivity index (χ3n) is 3.32. The first-order chi connectivity index (χ1) is 10.4. The number of hydrogen-bond donors (Lipinski definition) is 1. The lowest BCUT2D eigenvalue weighted by atomic mass is 10.1. The van der Waals surface area contributed by atoms with Gasteiger partial charge in [0, 0.05) is 5.69 Å². The maximum absolute atomic E-state index is 12.1. The highest BCUT2D eigenvalue weighted by Crippen LogP contribution is 2.19. The molecule has 122 valence electrons. The van der Waals surface area contributed by atoms with Crippen molar-refractivity contribution in [1.82, 2.24) is 4.90 Å². The Labute approximate surface area is 132 Å². The van der Waals surface area contributed by atoms with Crippen molar-refractivity contribution >= 4 is 17.6 Å². The number of likely N-dealkylation sites (N-methyl/N-ethyl adjacent to an activating group) is 1. The van der Waals surface area contributed by atoms with Crippen molar-refractivity contribution in [2.45, 2.75) is 33.6 Å². The van der Waals surface area contributed by atoms with Gasteiger partial charge in [-0.2, -0.15) is 0 Å². The first-order valence-corrected chi connectivity index (χ1v) is 7.64. The maximum Gasteiger partial charge on any atom is 0.320 e. The van der Waals surface area contributed by atoms with Gasteiger partial charge in [-0.1, -0.05) is 31.5 Å². The van der Waals surface area contributed by atoms with E-state index in [9.17, 15) is 9.59 Å². The molecule has 0 saturated carbocycles. The van der Waals surface area contributed by atoms with Gasteiger partial charge in [-0.25, -0.2) is 0 Å². The third-order valence-corrected chi connectivity index (χ3v) is 3.32. The summed E-state index contributed by atoms with van der Waals surface area (Å²) in [6, 6.07) is 5.87. The average molecular weight is 306 g/mol. The van der Waals surface area contributed by atoms with E-state index in [0.29, 0.717) is 6.61 Å². The molecule has 1 amide bonds. The van der Waals surface area contributed by atoms with Gasteiger partial charge < -0.3 is 10.1 Å². The summed E-state index contributed by atoms with van der Waals surface area (Å²) in [6.45, 7) is 6.66. The number of unbranched alkanes of at least 4 members (excludes halogenated alkanes) is 1. The number of aryl methyl sites for hydroxylation is 2. The van der Waals surface area contributed by atoms with Gasteiger partial charge in [-0.3, -0.25) is 14.5 Å². The summed E-state index contributed by atoms with van der Waals surface area (Å²) in [5, 5.41) is 2.90. The Hall–Kier alpha value is -1.88. The quantitative estimate of drug-likeness (QED) is 0.592. The number of rotatable bonds is 8. The fourth-order valence-electron chi connectivity index (χ4n) is 2.09. The second kappa shape index (κ2) is 9.20. The number of esters is 1. The Balaban J connectivity index is 2.43. The summed E-state index contributed by atoms with van der Waals surface area (Å²) in [5.74, 6) is -0.433. The number of amides is 1. The standard InChI is InChI=1S/C17H26N2O3/c1-5-6-10-22-16(21)12-19(4)11-15(20)18-17-13(2)8-7-9-14(17)3/h7-9H,5-6,10-12H2,1-4H3,(H,18,20). The van der Waals surface area contributed by atoms with Gasteiger partial charge in [0.05, 0.1) is 19.7 Å². The van der Waals surface area contributed by atoms with E-state index in [1.165, 1.54) is 0 Å². The minimum Gasteiger partial charge on any atom is -0.465 e. The average Bonchev–Trinajstić information content (AvgIpc) is 2.43. The number of anilines is 1. The zero-order valence-electron chi connectivity index (χ0n) is 13.9. The van der Waals surface area contributed by atoms with E-state index in [-0.39, 0.29) is 25.0 Å². The molecule has 1 aromatic rings. The van der Waals surface area contributed by atoms with E-state index in [1.54, 1.807) is 11.9 Å². The van der Waals surface area contributed by atoms with Crippen molar-refractivity contribution in [1.29, 1.82) is 0 Å². The van der Waals surface area contributed by atoms with E-state index >= 15 is 0 Å². The van der Waals surface area contributed by atoms with Crippen LogP contribution in [0, 0.1) is 13.8 Å². The lowest BCUT2D eigenvalue weighted by Crippen LogP contribution is -2.35. The summed E-state index contributed by atoms with van der Waals surface area (Å²) in [5.41, 5.74) is 2.89. The molecule has 0 aromatic heterocycles. The SMILES string of the molecule is CCCCOC(=O)CN(C)CC(=O)Nc1c(C)cccc1C. The molecule has 0 heterocycles. The first-order valence-electron chi connectivity index (χ1n) is 7.64. The summed E-state index contributed by atoms with van der Waals surface area (Å²) >= 11 is 0. The second-order valence-corrected chi connectivity index (χ2v) is 5.56. The number of carbonyl (C=O) groups is 2. The van der Waals surface area contributed by atoms with Crippen LogP contribution in [0.5, 0.6) is 0 Å². The predicted octanol–water partition coefficient (Wildman–Crippen LogP) is 2.52. The highest BCUT2D eigenvalue weighted by Gasteiger charge is 2.13. The largest absolute Gasteiger partial charge is 0.465 e. The Morgan fingerprint density at radius 1 is 1.18 bits per heavy atom. The van der Waals surface area contributed by atoms with E-state index < -0.39 is 0 Å². The molecular weight excluding hydrogens is 280 g/mol. The number of hydrogen-bond acceptors (Lipinski definition) is 4. The minimum absolute atomic E-state index is 0.115. The van der Waals surface area contributed by atoms with Crippen molar-refractivity contribution in [2.75, 3.05) is 32.1 Å². The molecule has 0 atom stereocenters. The van der Waals surface area contributed by atoms with Crippen molar-refractivity contribution in [2.24, 2.45) is 0 Å².